The van der Waals surface area contributed by atoms with Crippen LogP contribution in [0.25, 0.3) is 4.72 Å². The van der Waals surface area contributed by atoms with Crippen molar-refractivity contribution in [1.82, 2.24) is 0 Å². The predicted molar refractivity (Wildman–Crippen MR) is 58.9 cm³/mol. The zero-order valence-electron chi connectivity index (χ0n) is 8.62. The minimum atomic E-state index is -4.56. The Labute approximate surface area is 102 Å². The fourth-order valence-corrected chi connectivity index (χ4v) is 1.76. The van der Waals surface area contributed by atoms with Crippen LogP contribution in [0.15, 0.2) is 18.2 Å². The molecular formula is C9H8ClF3NO2S-. The lowest BCUT2D eigenvalue weighted by Crippen LogP contribution is -2.05. The number of nitrogens with zero attached hydrogens (tertiary/aromatic N) is 1. The number of alkyl halides is 3. The Morgan fingerprint density at radius 3 is 2.41 bits per heavy atom. The van der Waals surface area contributed by atoms with E-state index in [1.165, 1.54) is 6.92 Å². The third-order valence-electron chi connectivity index (χ3n) is 1.88. The second kappa shape index (κ2) is 4.73. The summed E-state index contributed by atoms with van der Waals surface area (Å²) >= 11 is 5.58. The van der Waals surface area contributed by atoms with Crippen LogP contribution in [-0.2, 0) is 16.2 Å². The fraction of sp³-hybridized carbons (Fsp3) is 0.333. The molecule has 1 aromatic carbocycles. The molecule has 0 spiro atoms. The maximum absolute atomic E-state index is 12.4. The number of halogens is 4. The summed E-state index contributed by atoms with van der Waals surface area (Å²) in [5, 5.41) is -0.143. The molecule has 0 bridgehead atoms. The van der Waals surface area contributed by atoms with Crippen LogP contribution in [-0.4, -0.2) is 14.2 Å². The Hall–Kier alpha value is -0.950. The summed E-state index contributed by atoms with van der Waals surface area (Å²) in [5.41, 5.74) is -1.39. The van der Waals surface area contributed by atoms with Gasteiger partial charge in [-0.2, -0.15) is 13.2 Å². The third-order valence-corrected chi connectivity index (χ3v) is 3.40. The molecule has 0 aliphatic heterocycles. The number of rotatable bonds is 3. The fourth-order valence-electron chi connectivity index (χ4n) is 0.973. The summed E-state index contributed by atoms with van der Waals surface area (Å²) in [7, 11) is -3.78. The largest absolute Gasteiger partial charge is 0.576 e. The van der Waals surface area contributed by atoms with Gasteiger partial charge < -0.3 is 4.72 Å². The van der Waals surface area contributed by atoms with Crippen molar-refractivity contribution in [3.8, 4) is 0 Å². The lowest BCUT2D eigenvalue weighted by molar-refractivity contribution is -0.137. The molecule has 0 unspecified atom stereocenters. The van der Waals surface area contributed by atoms with Gasteiger partial charge in [0.2, 0.25) is 0 Å². The first-order chi connectivity index (χ1) is 7.65. The van der Waals surface area contributed by atoms with Gasteiger partial charge in [-0.15, -0.1) is 5.69 Å². The van der Waals surface area contributed by atoms with E-state index in [-0.39, 0.29) is 10.8 Å². The highest BCUT2D eigenvalue weighted by Gasteiger charge is 2.30. The average Bonchev–Trinajstić information content (AvgIpc) is 2.19. The molecule has 0 heterocycles. The molecular weight excluding hydrogens is 279 g/mol. The molecule has 3 nitrogen and oxygen atoms in total. The molecule has 0 N–H and O–H groups in total. The van der Waals surface area contributed by atoms with Gasteiger partial charge in [0, 0.05) is 10.8 Å². The second-order valence-corrected chi connectivity index (χ2v) is 5.46. The second-order valence-electron chi connectivity index (χ2n) is 3.13. The summed E-state index contributed by atoms with van der Waals surface area (Å²) in [6.07, 6.45) is -4.56. The molecule has 0 aliphatic rings. The Kier molecular flexibility index (Phi) is 3.93. The molecule has 1 rings (SSSR count). The van der Waals surface area contributed by atoms with Crippen LogP contribution in [0, 0.1) is 0 Å². The van der Waals surface area contributed by atoms with Crippen molar-refractivity contribution in [1.29, 1.82) is 0 Å². The summed E-state index contributed by atoms with van der Waals surface area (Å²) in [6, 6.07) is 2.34. The highest BCUT2D eigenvalue weighted by molar-refractivity contribution is 7.94. The molecule has 8 heteroatoms. The summed E-state index contributed by atoms with van der Waals surface area (Å²) in [4.78, 5) is 0. The first-order valence-electron chi connectivity index (χ1n) is 4.48. The molecule has 0 fully saturated rings. The van der Waals surface area contributed by atoms with Crippen molar-refractivity contribution < 1.29 is 21.6 Å². The number of benzene rings is 1. The normalized spacial score (nSPS) is 12.5. The Bertz CT molecular complexity index is 513. The predicted octanol–water partition coefficient (Wildman–Crippen LogP) is 3.71. The summed E-state index contributed by atoms with van der Waals surface area (Å²) < 4.78 is 62.7. The summed E-state index contributed by atoms with van der Waals surface area (Å²) in [6.45, 7) is 1.33. The van der Waals surface area contributed by atoms with E-state index in [4.69, 9.17) is 11.6 Å². The molecule has 0 aliphatic carbocycles. The molecule has 17 heavy (non-hydrogen) atoms. The third kappa shape index (κ3) is 3.78. The maximum Gasteiger partial charge on any atom is 0.416 e. The quantitative estimate of drug-likeness (QED) is 0.850. The van der Waals surface area contributed by atoms with Gasteiger partial charge in [0.1, 0.15) is 0 Å². The van der Waals surface area contributed by atoms with Gasteiger partial charge in [-0.05, 0) is 12.1 Å². The Morgan fingerprint density at radius 2 is 1.94 bits per heavy atom. The Balaban J connectivity index is 3.17. The molecule has 1 aromatic rings. The van der Waals surface area contributed by atoms with Gasteiger partial charge in [-0.1, -0.05) is 24.6 Å². The molecule has 0 amide bonds. The first-order valence-corrected chi connectivity index (χ1v) is 6.47. The van der Waals surface area contributed by atoms with E-state index in [2.05, 4.69) is 4.72 Å². The molecule has 0 saturated carbocycles. The van der Waals surface area contributed by atoms with Crippen molar-refractivity contribution in [2.24, 2.45) is 0 Å². The van der Waals surface area contributed by atoms with Crippen LogP contribution in [0.4, 0.5) is 18.9 Å². The number of sulfonamides is 1. The molecule has 96 valence electrons. The van der Waals surface area contributed by atoms with E-state index in [0.717, 1.165) is 12.1 Å². The van der Waals surface area contributed by atoms with E-state index in [0.29, 0.717) is 6.07 Å². The minimum absolute atomic E-state index is 0.143. The summed E-state index contributed by atoms with van der Waals surface area (Å²) in [5.74, 6) is -0.306. The monoisotopic (exact) mass is 286 g/mol. The van der Waals surface area contributed by atoms with Gasteiger partial charge in [0.25, 0.3) is 0 Å². The Morgan fingerprint density at radius 1 is 1.35 bits per heavy atom. The maximum atomic E-state index is 12.4. The van der Waals surface area contributed by atoms with Crippen LogP contribution in [0.2, 0.25) is 5.02 Å². The van der Waals surface area contributed by atoms with Gasteiger partial charge in [-0.3, -0.25) is 0 Å². The molecule has 0 radical (unpaired) electrons. The van der Waals surface area contributed by atoms with Crippen molar-refractivity contribution >= 4 is 27.3 Å². The molecule has 0 atom stereocenters. The van der Waals surface area contributed by atoms with Crippen LogP contribution in [0.1, 0.15) is 12.5 Å². The standard InChI is InChI=1S/C9H8ClF3NO2S/c1-2-17(15,16)14-8-5-6(9(11,12)13)3-4-7(8)10/h3-5H,2H2,1H3/q-1. The van der Waals surface area contributed by atoms with Gasteiger partial charge in [0.15, 0.2) is 0 Å². The first kappa shape index (κ1) is 14.1. The lowest BCUT2D eigenvalue weighted by atomic mass is 10.2. The smallest absolute Gasteiger partial charge is 0.416 e. The van der Waals surface area contributed by atoms with E-state index in [1.54, 1.807) is 0 Å². The van der Waals surface area contributed by atoms with E-state index in [9.17, 15) is 21.6 Å². The minimum Gasteiger partial charge on any atom is -0.576 e. The van der Waals surface area contributed by atoms with Crippen LogP contribution in [0.3, 0.4) is 0 Å². The van der Waals surface area contributed by atoms with Gasteiger partial charge >= 0.3 is 6.18 Å². The van der Waals surface area contributed by atoms with Crippen LogP contribution < -0.4 is 0 Å². The molecule has 0 saturated heterocycles. The SMILES string of the molecule is CCS(=O)(=O)[N-]c1cc(C(F)(F)F)ccc1Cl. The van der Waals surface area contributed by atoms with E-state index in [1.807, 2.05) is 0 Å². The highest BCUT2D eigenvalue weighted by atomic mass is 35.5. The zero-order chi connectivity index (χ0) is 13.3. The van der Waals surface area contributed by atoms with Crippen molar-refractivity contribution in [3.63, 3.8) is 0 Å². The van der Waals surface area contributed by atoms with Crippen LogP contribution >= 0.6 is 11.6 Å². The topological polar surface area (TPSA) is 48.2 Å². The van der Waals surface area contributed by atoms with Crippen molar-refractivity contribution in [3.05, 3.63) is 33.5 Å². The van der Waals surface area contributed by atoms with Gasteiger partial charge in [-0.25, -0.2) is 8.42 Å². The lowest BCUT2D eigenvalue weighted by Gasteiger charge is -2.23. The van der Waals surface area contributed by atoms with Crippen molar-refractivity contribution in [2.75, 3.05) is 5.75 Å². The van der Waals surface area contributed by atoms with Crippen molar-refractivity contribution in [2.45, 2.75) is 13.1 Å². The number of hydrogen-bond acceptors (Lipinski definition) is 2. The van der Waals surface area contributed by atoms with Gasteiger partial charge in [0.05, 0.1) is 15.6 Å². The zero-order valence-corrected chi connectivity index (χ0v) is 10.2. The highest BCUT2D eigenvalue weighted by Crippen LogP contribution is 2.37. The number of hydrogen-bond donors (Lipinski definition) is 0. The van der Waals surface area contributed by atoms with Crippen LogP contribution in [0.5, 0.6) is 0 Å². The molecule has 0 aromatic heterocycles. The van der Waals surface area contributed by atoms with E-state index < -0.39 is 27.5 Å². The van der Waals surface area contributed by atoms with E-state index >= 15 is 0 Å². The average molecular weight is 287 g/mol.